The highest BCUT2D eigenvalue weighted by molar-refractivity contribution is 6.29. The van der Waals surface area contributed by atoms with E-state index in [2.05, 4.69) is 31.2 Å². The summed E-state index contributed by atoms with van der Waals surface area (Å²) in [5.74, 6) is 0.378. The van der Waals surface area contributed by atoms with Gasteiger partial charge in [0.25, 0.3) is 5.91 Å². The van der Waals surface area contributed by atoms with Crippen molar-refractivity contribution in [2.75, 3.05) is 22.5 Å². The normalized spacial score (nSPS) is 20.3. The van der Waals surface area contributed by atoms with E-state index in [0.29, 0.717) is 46.6 Å². The molecule has 3 heterocycles. The number of anilines is 3. The lowest BCUT2D eigenvalue weighted by molar-refractivity contribution is 0.0744. The molecule has 5 N–H and O–H groups in total. The number of pyridine rings is 1. The molecule has 11 heteroatoms. The van der Waals surface area contributed by atoms with E-state index in [1.807, 2.05) is 19.9 Å². The molecule has 36 heavy (non-hydrogen) atoms. The summed E-state index contributed by atoms with van der Waals surface area (Å²) in [5, 5.41) is 28.5. The molecule has 2 fully saturated rings. The van der Waals surface area contributed by atoms with E-state index in [4.69, 9.17) is 16.7 Å². The number of hydrogen-bond donors (Lipinski definition) is 5. The molecule has 0 spiro atoms. The van der Waals surface area contributed by atoms with Crippen LogP contribution in [0.25, 0.3) is 5.65 Å². The number of nitrogens with zero attached hydrogens (tertiary/aromatic N) is 4. The average molecular weight is 513 g/mol. The van der Waals surface area contributed by atoms with Crippen molar-refractivity contribution < 1.29 is 9.90 Å². The summed E-state index contributed by atoms with van der Waals surface area (Å²) in [6, 6.07) is 6.38. The fraction of sp³-hybridized carbons (Fsp3) is 0.520. The molecule has 5 rings (SSSR count). The van der Waals surface area contributed by atoms with Crippen LogP contribution in [0.2, 0.25) is 5.15 Å². The summed E-state index contributed by atoms with van der Waals surface area (Å²) < 4.78 is 1.60. The predicted molar refractivity (Wildman–Crippen MR) is 141 cm³/mol. The van der Waals surface area contributed by atoms with Crippen LogP contribution in [0, 0.1) is 0 Å². The quantitative estimate of drug-likeness (QED) is 0.275. The van der Waals surface area contributed by atoms with Crippen molar-refractivity contribution in [1.29, 1.82) is 0 Å². The van der Waals surface area contributed by atoms with Crippen LogP contribution >= 0.6 is 11.6 Å². The molecule has 0 unspecified atom stereocenters. The molecule has 3 aromatic heterocycles. The van der Waals surface area contributed by atoms with Gasteiger partial charge in [-0.25, -0.2) is 14.5 Å². The summed E-state index contributed by atoms with van der Waals surface area (Å²) >= 11 is 5.96. The smallest absolute Gasteiger partial charge is 0.276 e. The number of carbonyl (C=O) groups excluding carboxylic acids is 1. The van der Waals surface area contributed by atoms with E-state index in [-0.39, 0.29) is 11.9 Å². The van der Waals surface area contributed by atoms with E-state index in [9.17, 15) is 9.90 Å². The van der Waals surface area contributed by atoms with Gasteiger partial charge in [0, 0.05) is 42.6 Å². The van der Waals surface area contributed by atoms with Crippen molar-refractivity contribution in [2.24, 2.45) is 0 Å². The average Bonchev–Trinajstić information content (AvgIpc) is 3.53. The number of nitrogens with one attached hydrogen (secondary N) is 4. The van der Waals surface area contributed by atoms with Crippen LogP contribution in [0.15, 0.2) is 30.6 Å². The molecule has 0 bridgehead atoms. The Morgan fingerprint density at radius 2 is 1.78 bits per heavy atom. The zero-order valence-electron chi connectivity index (χ0n) is 20.6. The summed E-state index contributed by atoms with van der Waals surface area (Å²) in [6.07, 6.45) is 9.36. The highest BCUT2D eigenvalue weighted by Crippen LogP contribution is 2.30. The standard InChI is InChI=1S/C25H33ClN8O2/c1-25(2,36)14-29-15-3-5-17(6-4-15)31-22-12-19(30-16-7-8-16)23-28-13-20(34(23)33-22)24(35)32-18-9-10-27-21(26)11-18/h9-13,15-17,29-30,36H,3-8,14H2,1-2H3,(H,31,33)(H,27,32,35)/t15-,17-. The van der Waals surface area contributed by atoms with Gasteiger partial charge in [-0.2, -0.15) is 0 Å². The molecule has 2 aliphatic carbocycles. The maximum atomic E-state index is 13.1. The first kappa shape index (κ1) is 24.7. The Balaban J connectivity index is 1.32. The third kappa shape index (κ3) is 6.24. The monoisotopic (exact) mass is 512 g/mol. The van der Waals surface area contributed by atoms with Crippen LogP contribution in [0.1, 0.15) is 62.9 Å². The lowest BCUT2D eigenvalue weighted by Crippen LogP contribution is -2.43. The summed E-state index contributed by atoms with van der Waals surface area (Å²) in [5.41, 5.74) is 1.65. The van der Waals surface area contributed by atoms with Crippen LogP contribution in [-0.2, 0) is 0 Å². The van der Waals surface area contributed by atoms with Gasteiger partial charge in [0.2, 0.25) is 0 Å². The van der Waals surface area contributed by atoms with Crippen molar-refractivity contribution in [2.45, 2.75) is 76.1 Å². The van der Waals surface area contributed by atoms with E-state index >= 15 is 0 Å². The number of amides is 1. The van der Waals surface area contributed by atoms with E-state index in [1.54, 1.807) is 29.0 Å². The summed E-state index contributed by atoms with van der Waals surface area (Å²) in [6.45, 7) is 4.22. The first-order chi connectivity index (χ1) is 17.2. The molecule has 2 aliphatic rings. The Morgan fingerprint density at radius 1 is 1.08 bits per heavy atom. The Morgan fingerprint density at radius 3 is 2.47 bits per heavy atom. The second kappa shape index (κ2) is 10.2. The third-order valence-electron chi connectivity index (χ3n) is 6.52. The van der Waals surface area contributed by atoms with Gasteiger partial charge in [-0.1, -0.05) is 11.6 Å². The van der Waals surface area contributed by atoms with E-state index < -0.39 is 5.60 Å². The summed E-state index contributed by atoms with van der Waals surface area (Å²) in [4.78, 5) is 21.5. The molecule has 1 amide bonds. The molecule has 3 aromatic rings. The Bertz CT molecular complexity index is 1230. The fourth-order valence-corrected chi connectivity index (χ4v) is 4.64. The molecule has 0 atom stereocenters. The minimum Gasteiger partial charge on any atom is -0.389 e. The topological polar surface area (TPSA) is 128 Å². The maximum Gasteiger partial charge on any atom is 0.276 e. The van der Waals surface area contributed by atoms with Crippen LogP contribution in [0.4, 0.5) is 17.2 Å². The van der Waals surface area contributed by atoms with Crippen molar-refractivity contribution in [3.63, 3.8) is 0 Å². The van der Waals surface area contributed by atoms with Crippen LogP contribution in [0.3, 0.4) is 0 Å². The molecular weight excluding hydrogens is 480 g/mol. The van der Waals surface area contributed by atoms with E-state index in [0.717, 1.165) is 44.2 Å². The van der Waals surface area contributed by atoms with Gasteiger partial charge in [0.05, 0.1) is 17.5 Å². The zero-order chi connectivity index (χ0) is 25.3. The Hall–Kier alpha value is -2.95. The number of halogens is 1. The summed E-state index contributed by atoms with van der Waals surface area (Å²) in [7, 11) is 0. The third-order valence-corrected chi connectivity index (χ3v) is 6.73. The first-order valence-electron chi connectivity index (χ1n) is 12.5. The predicted octanol–water partition coefficient (Wildman–Crippen LogP) is 3.69. The van der Waals surface area contributed by atoms with Gasteiger partial charge in [-0.15, -0.1) is 5.10 Å². The lowest BCUT2D eigenvalue weighted by atomic mass is 9.90. The van der Waals surface area contributed by atoms with E-state index in [1.165, 1.54) is 0 Å². The number of carbonyl (C=O) groups is 1. The van der Waals surface area contributed by atoms with Gasteiger partial charge in [0.1, 0.15) is 11.0 Å². The molecule has 2 saturated carbocycles. The SMILES string of the molecule is CC(C)(O)CN[C@H]1CC[C@H](Nc2cc(NC3CC3)c3ncc(C(=O)Nc4ccnc(Cl)c4)n3n2)CC1. The number of hydrogen-bond acceptors (Lipinski definition) is 8. The molecule has 10 nitrogen and oxygen atoms in total. The van der Waals surface area contributed by atoms with Gasteiger partial charge in [-0.05, 0) is 64.5 Å². The minimum atomic E-state index is -0.710. The number of aromatic nitrogens is 4. The van der Waals surface area contributed by atoms with Gasteiger partial charge in [0.15, 0.2) is 11.3 Å². The second-order valence-electron chi connectivity index (χ2n) is 10.4. The molecule has 0 aliphatic heterocycles. The number of fused-ring (bicyclic) bond motifs is 1. The molecular formula is C25H33ClN8O2. The number of rotatable bonds is 9. The molecule has 0 radical (unpaired) electrons. The number of imidazole rings is 1. The van der Waals surface area contributed by atoms with Crippen LogP contribution in [0.5, 0.6) is 0 Å². The van der Waals surface area contributed by atoms with Crippen molar-refractivity contribution >= 4 is 40.3 Å². The van der Waals surface area contributed by atoms with Crippen LogP contribution in [-0.4, -0.2) is 60.9 Å². The van der Waals surface area contributed by atoms with Crippen molar-refractivity contribution in [1.82, 2.24) is 24.9 Å². The first-order valence-corrected chi connectivity index (χ1v) is 12.9. The van der Waals surface area contributed by atoms with Crippen molar-refractivity contribution in [3.05, 3.63) is 41.4 Å². The molecule has 0 aromatic carbocycles. The van der Waals surface area contributed by atoms with Crippen molar-refractivity contribution in [3.8, 4) is 0 Å². The number of aliphatic hydroxyl groups is 1. The van der Waals surface area contributed by atoms with Gasteiger partial charge < -0.3 is 26.4 Å². The highest BCUT2D eigenvalue weighted by Gasteiger charge is 2.26. The lowest BCUT2D eigenvalue weighted by Gasteiger charge is -2.31. The van der Waals surface area contributed by atoms with Crippen LogP contribution < -0.4 is 21.3 Å². The molecule has 192 valence electrons. The Labute approximate surface area is 215 Å². The molecule has 0 saturated heterocycles. The Kier molecular flexibility index (Phi) is 7.00. The maximum absolute atomic E-state index is 13.1. The second-order valence-corrected chi connectivity index (χ2v) is 10.8. The fourth-order valence-electron chi connectivity index (χ4n) is 4.47. The highest BCUT2D eigenvalue weighted by atomic mass is 35.5. The van der Waals surface area contributed by atoms with Gasteiger partial charge >= 0.3 is 0 Å². The van der Waals surface area contributed by atoms with Gasteiger partial charge in [-0.3, -0.25) is 4.79 Å². The minimum absolute atomic E-state index is 0.281. The largest absolute Gasteiger partial charge is 0.389 e. The zero-order valence-corrected chi connectivity index (χ0v) is 21.3.